The van der Waals surface area contributed by atoms with Crippen molar-refractivity contribution in [3.05, 3.63) is 10.7 Å². The molecule has 0 amide bonds. The number of anilines is 2. The van der Waals surface area contributed by atoms with Gasteiger partial charge >= 0.3 is 0 Å². The Labute approximate surface area is 111 Å². The molecule has 0 atom stereocenters. The summed E-state index contributed by atoms with van der Waals surface area (Å²) in [7, 11) is 0. The van der Waals surface area contributed by atoms with Gasteiger partial charge < -0.3 is 11.1 Å². The van der Waals surface area contributed by atoms with Gasteiger partial charge in [0, 0.05) is 12.6 Å². The summed E-state index contributed by atoms with van der Waals surface area (Å²) in [5, 5.41) is 3.27. The summed E-state index contributed by atoms with van der Waals surface area (Å²) in [5.74, 6) is 1.71. The van der Waals surface area contributed by atoms with Crippen molar-refractivity contribution in [3.63, 3.8) is 0 Å². The van der Waals surface area contributed by atoms with Crippen molar-refractivity contribution < 1.29 is 0 Å². The molecule has 0 spiro atoms. The first-order chi connectivity index (χ1) is 7.75. The Balaban J connectivity index is 2.00. The van der Waals surface area contributed by atoms with E-state index < -0.39 is 0 Å². The van der Waals surface area contributed by atoms with Crippen LogP contribution < -0.4 is 11.1 Å². The molecule has 3 N–H and O–H groups in total. The number of nitrogens with zero attached hydrogens (tertiary/aromatic N) is 2. The molecule has 1 fully saturated rings. The SMILES string of the molecule is CC1(C)C(CNc2nc(N)cc(Br)n2)C1(C)C. The molecule has 1 heterocycles. The van der Waals surface area contributed by atoms with Gasteiger partial charge in [-0.1, -0.05) is 27.7 Å². The Hall–Kier alpha value is -0.840. The summed E-state index contributed by atoms with van der Waals surface area (Å²) in [6.07, 6.45) is 0. The van der Waals surface area contributed by atoms with Gasteiger partial charge in [-0.3, -0.25) is 0 Å². The van der Waals surface area contributed by atoms with E-state index in [1.165, 1.54) is 0 Å². The van der Waals surface area contributed by atoms with E-state index in [2.05, 4.69) is 58.9 Å². The molecule has 5 heteroatoms. The largest absolute Gasteiger partial charge is 0.383 e. The molecular weight excluding hydrogens is 280 g/mol. The van der Waals surface area contributed by atoms with Gasteiger partial charge in [-0.05, 0) is 32.7 Å². The number of nitrogens with one attached hydrogen (secondary N) is 1. The molecule has 1 aliphatic carbocycles. The Morgan fingerprint density at radius 3 is 2.35 bits per heavy atom. The monoisotopic (exact) mass is 298 g/mol. The second kappa shape index (κ2) is 3.83. The third-order valence-corrected chi connectivity index (χ3v) is 4.90. The fourth-order valence-electron chi connectivity index (χ4n) is 2.55. The first kappa shape index (κ1) is 12.6. The predicted octanol–water partition coefficient (Wildman–Crippen LogP) is 2.92. The van der Waals surface area contributed by atoms with Crippen LogP contribution in [0.5, 0.6) is 0 Å². The van der Waals surface area contributed by atoms with E-state index in [-0.39, 0.29) is 0 Å². The lowest BCUT2D eigenvalue weighted by Gasteiger charge is -2.06. The van der Waals surface area contributed by atoms with Crippen LogP contribution in [0, 0.1) is 16.7 Å². The smallest absolute Gasteiger partial charge is 0.225 e. The molecule has 0 radical (unpaired) electrons. The highest BCUT2D eigenvalue weighted by Crippen LogP contribution is 2.68. The van der Waals surface area contributed by atoms with Crippen LogP contribution in [0.15, 0.2) is 10.7 Å². The molecule has 94 valence electrons. The minimum Gasteiger partial charge on any atom is -0.383 e. The molecular formula is C12H19BrN4. The fourth-order valence-corrected chi connectivity index (χ4v) is 2.95. The third-order valence-electron chi connectivity index (χ3n) is 4.50. The molecule has 1 aromatic heterocycles. The Kier molecular flexibility index (Phi) is 2.84. The maximum atomic E-state index is 5.67. The first-order valence-corrected chi connectivity index (χ1v) is 6.58. The van der Waals surface area contributed by atoms with E-state index in [0.29, 0.717) is 33.1 Å². The lowest BCUT2D eigenvalue weighted by molar-refractivity contribution is 0.457. The summed E-state index contributed by atoms with van der Waals surface area (Å²) in [4.78, 5) is 8.40. The zero-order valence-corrected chi connectivity index (χ0v) is 12.3. The van der Waals surface area contributed by atoms with Gasteiger partial charge in [0.05, 0.1) is 0 Å². The van der Waals surface area contributed by atoms with Crippen LogP contribution in [0.2, 0.25) is 0 Å². The molecule has 0 saturated heterocycles. The van der Waals surface area contributed by atoms with Crippen molar-refractivity contribution in [2.75, 3.05) is 17.6 Å². The van der Waals surface area contributed by atoms with Crippen LogP contribution in [0.4, 0.5) is 11.8 Å². The zero-order chi connectivity index (χ0) is 12.8. The van der Waals surface area contributed by atoms with Gasteiger partial charge in [0.25, 0.3) is 0 Å². The van der Waals surface area contributed by atoms with Crippen molar-refractivity contribution >= 4 is 27.7 Å². The van der Waals surface area contributed by atoms with E-state index in [0.717, 1.165) is 6.54 Å². The van der Waals surface area contributed by atoms with Crippen LogP contribution in [-0.2, 0) is 0 Å². The minimum atomic E-state index is 0.373. The summed E-state index contributed by atoms with van der Waals surface area (Å²) in [5.41, 5.74) is 6.41. The van der Waals surface area contributed by atoms with Gasteiger partial charge in [0.15, 0.2) is 0 Å². The van der Waals surface area contributed by atoms with Gasteiger partial charge in [-0.25, -0.2) is 4.98 Å². The molecule has 1 saturated carbocycles. The maximum absolute atomic E-state index is 5.67. The number of aromatic nitrogens is 2. The van der Waals surface area contributed by atoms with Gasteiger partial charge in [-0.15, -0.1) is 0 Å². The number of nitrogens with two attached hydrogens (primary N) is 1. The van der Waals surface area contributed by atoms with Gasteiger partial charge in [-0.2, -0.15) is 4.98 Å². The quantitative estimate of drug-likeness (QED) is 0.842. The molecule has 2 rings (SSSR count). The van der Waals surface area contributed by atoms with Crippen LogP contribution in [0.25, 0.3) is 0 Å². The lowest BCUT2D eigenvalue weighted by Crippen LogP contribution is -2.11. The molecule has 0 bridgehead atoms. The topological polar surface area (TPSA) is 63.8 Å². The number of hydrogen-bond donors (Lipinski definition) is 2. The standard InChI is InChI=1S/C12H19BrN4/c1-11(2)7(12(11,3)4)6-15-10-16-8(13)5-9(14)17-10/h5,7H,6H2,1-4H3,(H3,14,15,16,17). The Morgan fingerprint density at radius 2 is 1.88 bits per heavy atom. The lowest BCUT2D eigenvalue weighted by atomic mass is 10.0. The molecule has 17 heavy (non-hydrogen) atoms. The first-order valence-electron chi connectivity index (χ1n) is 5.79. The van der Waals surface area contributed by atoms with Gasteiger partial charge in [0.2, 0.25) is 5.95 Å². The summed E-state index contributed by atoms with van der Waals surface area (Å²) in [6, 6.07) is 1.69. The summed E-state index contributed by atoms with van der Waals surface area (Å²) < 4.78 is 0.710. The molecule has 0 unspecified atom stereocenters. The van der Waals surface area contributed by atoms with Crippen LogP contribution in [-0.4, -0.2) is 16.5 Å². The fraction of sp³-hybridized carbons (Fsp3) is 0.667. The summed E-state index contributed by atoms with van der Waals surface area (Å²) in [6.45, 7) is 10.1. The highest BCUT2D eigenvalue weighted by atomic mass is 79.9. The second-order valence-electron chi connectivity index (χ2n) is 5.82. The van der Waals surface area contributed by atoms with E-state index in [1.54, 1.807) is 6.07 Å². The molecule has 0 aliphatic heterocycles. The zero-order valence-electron chi connectivity index (χ0n) is 10.7. The van der Waals surface area contributed by atoms with Crippen molar-refractivity contribution in [1.82, 2.24) is 9.97 Å². The Bertz CT molecular complexity index is 408. The summed E-state index contributed by atoms with van der Waals surface area (Å²) >= 11 is 3.31. The third kappa shape index (κ3) is 2.12. The van der Waals surface area contributed by atoms with E-state index in [9.17, 15) is 0 Å². The van der Waals surface area contributed by atoms with Crippen LogP contribution >= 0.6 is 15.9 Å². The molecule has 1 aliphatic rings. The van der Waals surface area contributed by atoms with E-state index in [4.69, 9.17) is 5.73 Å². The number of halogens is 1. The number of nitrogen functional groups attached to an aromatic ring is 1. The van der Waals surface area contributed by atoms with Crippen molar-refractivity contribution in [2.24, 2.45) is 16.7 Å². The highest BCUT2D eigenvalue weighted by Gasteiger charge is 2.64. The van der Waals surface area contributed by atoms with Crippen molar-refractivity contribution in [2.45, 2.75) is 27.7 Å². The van der Waals surface area contributed by atoms with Crippen molar-refractivity contribution in [3.8, 4) is 0 Å². The highest BCUT2D eigenvalue weighted by molar-refractivity contribution is 9.10. The molecule has 4 nitrogen and oxygen atoms in total. The minimum absolute atomic E-state index is 0.373. The van der Waals surface area contributed by atoms with E-state index in [1.807, 2.05) is 0 Å². The molecule has 0 aromatic carbocycles. The second-order valence-corrected chi connectivity index (χ2v) is 6.63. The maximum Gasteiger partial charge on any atom is 0.225 e. The van der Waals surface area contributed by atoms with E-state index >= 15 is 0 Å². The average Bonchev–Trinajstić information content (AvgIpc) is 2.53. The van der Waals surface area contributed by atoms with Gasteiger partial charge in [0.1, 0.15) is 10.4 Å². The predicted molar refractivity (Wildman–Crippen MR) is 73.7 cm³/mol. The number of rotatable bonds is 3. The average molecular weight is 299 g/mol. The molecule has 1 aromatic rings. The van der Waals surface area contributed by atoms with Crippen molar-refractivity contribution in [1.29, 1.82) is 0 Å². The Morgan fingerprint density at radius 1 is 1.29 bits per heavy atom. The normalized spacial score (nSPS) is 21.2. The van der Waals surface area contributed by atoms with Crippen LogP contribution in [0.3, 0.4) is 0 Å². The number of hydrogen-bond acceptors (Lipinski definition) is 4. The van der Waals surface area contributed by atoms with Crippen LogP contribution in [0.1, 0.15) is 27.7 Å².